The number of hydrogen-bond acceptors (Lipinski definition) is 4. The fourth-order valence-corrected chi connectivity index (χ4v) is 3.00. The van der Waals surface area contributed by atoms with Gasteiger partial charge in [0.05, 0.1) is 0 Å². The molecule has 0 aromatic heterocycles. The Morgan fingerprint density at radius 3 is 2.30 bits per heavy atom. The van der Waals surface area contributed by atoms with E-state index in [1.54, 1.807) is 0 Å². The molecule has 4 nitrogen and oxygen atoms in total. The van der Waals surface area contributed by atoms with Gasteiger partial charge >= 0.3 is 0 Å². The molecule has 140 valence electrons. The molecule has 1 aliphatic rings. The molecule has 3 aromatic carbocycles. The third kappa shape index (κ3) is 4.35. The van der Waals surface area contributed by atoms with E-state index in [0.29, 0.717) is 26.4 Å². The summed E-state index contributed by atoms with van der Waals surface area (Å²) in [6.07, 6.45) is 0. The van der Waals surface area contributed by atoms with E-state index >= 15 is 0 Å². The zero-order chi connectivity index (χ0) is 17.8. The second-order valence-electron chi connectivity index (χ2n) is 6.16. The van der Waals surface area contributed by atoms with Gasteiger partial charge in [0, 0.05) is 12.1 Å². The first-order valence-corrected chi connectivity index (χ1v) is 8.73. The van der Waals surface area contributed by atoms with Gasteiger partial charge in [-0.05, 0) is 34.9 Å². The monoisotopic (exact) mass is 383 g/mol. The Labute approximate surface area is 165 Å². The van der Waals surface area contributed by atoms with E-state index in [0.717, 1.165) is 39.5 Å². The zero-order valence-corrected chi connectivity index (χ0v) is 15.7. The van der Waals surface area contributed by atoms with Gasteiger partial charge in [-0.15, -0.1) is 12.4 Å². The highest BCUT2D eigenvalue weighted by Gasteiger charge is 2.13. The fourth-order valence-electron chi connectivity index (χ4n) is 3.00. The van der Waals surface area contributed by atoms with Gasteiger partial charge in [0.25, 0.3) is 0 Å². The molecular weight excluding hydrogens is 362 g/mol. The molecule has 5 heteroatoms. The molecule has 0 unspecified atom stereocenters. The van der Waals surface area contributed by atoms with Crippen LogP contribution in [0.1, 0.15) is 11.1 Å². The number of halogens is 1. The van der Waals surface area contributed by atoms with Gasteiger partial charge < -0.3 is 19.9 Å². The van der Waals surface area contributed by atoms with Gasteiger partial charge in [-0.3, -0.25) is 0 Å². The predicted molar refractivity (Wildman–Crippen MR) is 109 cm³/mol. The first-order valence-electron chi connectivity index (χ1n) is 8.73. The highest BCUT2D eigenvalue weighted by atomic mass is 35.5. The molecule has 0 spiro atoms. The number of hydrogen-bond donors (Lipinski definition) is 1. The van der Waals surface area contributed by atoms with Crippen LogP contribution in [0.2, 0.25) is 0 Å². The molecule has 0 amide bonds. The van der Waals surface area contributed by atoms with Gasteiger partial charge in [0.15, 0.2) is 11.5 Å². The molecular formula is C22H22ClNO3. The summed E-state index contributed by atoms with van der Waals surface area (Å²) in [5.74, 6) is 2.38. The quantitative estimate of drug-likeness (QED) is 0.700. The van der Waals surface area contributed by atoms with E-state index < -0.39 is 0 Å². The molecule has 0 saturated heterocycles. The van der Waals surface area contributed by atoms with Crippen LogP contribution >= 0.6 is 12.4 Å². The van der Waals surface area contributed by atoms with Crippen molar-refractivity contribution in [1.82, 2.24) is 0 Å². The zero-order valence-electron chi connectivity index (χ0n) is 14.9. The summed E-state index contributed by atoms with van der Waals surface area (Å²) in [7, 11) is 0. The van der Waals surface area contributed by atoms with Crippen LogP contribution in [0, 0.1) is 0 Å². The van der Waals surface area contributed by atoms with Crippen molar-refractivity contribution < 1.29 is 14.2 Å². The van der Waals surface area contributed by atoms with Crippen LogP contribution in [0.4, 0.5) is 0 Å². The van der Waals surface area contributed by atoms with Crippen molar-refractivity contribution in [2.45, 2.75) is 13.2 Å². The van der Waals surface area contributed by atoms with E-state index in [1.807, 2.05) is 60.7 Å². The third-order valence-electron chi connectivity index (χ3n) is 4.40. The van der Waals surface area contributed by atoms with Crippen molar-refractivity contribution in [1.29, 1.82) is 0 Å². The van der Waals surface area contributed by atoms with Crippen molar-refractivity contribution in [3.8, 4) is 28.4 Å². The lowest BCUT2D eigenvalue weighted by Crippen LogP contribution is -2.15. The van der Waals surface area contributed by atoms with Gasteiger partial charge in [-0.2, -0.15) is 0 Å². The minimum atomic E-state index is 0. The molecule has 0 bridgehead atoms. The van der Waals surface area contributed by atoms with Gasteiger partial charge in [0.2, 0.25) is 0 Å². The van der Waals surface area contributed by atoms with Gasteiger partial charge in [-0.25, -0.2) is 0 Å². The lowest BCUT2D eigenvalue weighted by molar-refractivity contribution is 0.171. The average Bonchev–Trinajstić information content (AvgIpc) is 2.72. The smallest absolute Gasteiger partial charge is 0.161 e. The summed E-state index contributed by atoms with van der Waals surface area (Å²) in [4.78, 5) is 0. The Morgan fingerprint density at radius 1 is 0.815 bits per heavy atom. The van der Waals surface area contributed by atoms with Crippen molar-refractivity contribution in [2.24, 2.45) is 5.73 Å². The van der Waals surface area contributed by atoms with Crippen LogP contribution in [0.15, 0.2) is 66.7 Å². The molecule has 27 heavy (non-hydrogen) atoms. The van der Waals surface area contributed by atoms with E-state index in [9.17, 15) is 0 Å². The number of benzene rings is 3. The largest absolute Gasteiger partial charge is 0.489 e. The number of fused-ring (bicyclic) bond motifs is 1. The number of ether oxygens (including phenoxy) is 3. The maximum Gasteiger partial charge on any atom is 0.161 e. The van der Waals surface area contributed by atoms with E-state index in [4.69, 9.17) is 19.9 Å². The van der Waals surface area contributed by atoms with E-state index in [1.165, 1.54) is 0 Å². The Kier molecular flexibility index (Phi) is 6.22. The summed E-state index contributed by atoms with van der Waals surface area (Å²) < 4.78 is 17.3. The first-order chi connectivity index (χ1) is 12.8. The fraction of sp³-hybridized carbons (Fsp3) is 0.182. The van der Waals surface area contributed by atoms with Crippen LogP contribution in [0.3, 0.4) is 0 Å². The Balaban J connectivity index is 0.00000210. The molecule has 0 radical (unpaired) electrons. The second kappa shape index (κ2) is 8.80. The van der Waals surface area contributed by atoms with Gasteiger partial charge in [0.1, 0.15) is 25.6 Å². The van der Waals surface area contributed by atoms with Crippen LogP contribution < -0.4 is 19.9 Å². The summed E-state index contributed by atoms with van der Waals surface area (Å²) in [6, 6.07) is 22.2. The maximum atomic E-state index is 6.05. The molecule has 4 rings (SSSR count). The summed E-state index contributed by atoms with van der Waals surface area (Å²) in [6.45, 7) is 2.12. The third-order valence-corrected chi connectivity index (χ3v) is 4.40. The topological polar surface area (TPSA) is 53.7 Å². The van der Waals surface area contributed by atoms with Crippen molar-refractivity contribution in [2.75, 3.05) is 13.2 Å². The van der Waals surface area contributed by atoms with Crippen molar-refractivity contribution in [3.63, 3.8) is 0 Å². The van der Waals surface area contributed by atoms with Crippen LogP contribution in [0.25, 0.3) is 11.1 Å². The van der Waals surface area contributed by atoms with Gasteiger partial charge in [-0.1, -0.05) is 48.5 Å². The lowest BCUT2D eigenvalue weighted by atomic mass is 10.0. The standard InChI is InChI=1S/C22H21NO3.ClH/c23-14-19-7-6-17(12-21(19)26-15-16-4-2-1-3-5-16)18-8-9-20-22(13-18)25-11-10-24-20;/h1-9,12-13H,10-11,14-15,23H2;1H. The highest BCUT2D eigenvalue weighted by molar-refractivity contribution is 5.85. The first kappa shape index (κ1) is 19.1. The Hall–Kier alpha value is -2.69. The Morgan fingerprint density at radius 2 is 1.52 bits per heavy atom. The van der Waals surface area contributed by atoms with E-state index in [-0.39, 0.29) is 12.4 Å². The molecule has 1 heterocycles. The molecule has 1 aliphatic heterocycles. The summed E-state index contributed by atoms with van der Waals surface area (Å²) >= 11 is 0. The predicted octanol–water partition coefficient (Wildman–Crippen LogP) is 4.58. The second-order valence-corrected chi connectivity index (χ2v) is 6.16. The van der Waals surface area contributed by atoms with E-state index in [2.05, 4.69) is 6.07 Å². The highest BCUT2D eigenvalue weighted by Crippen LogP contribution is 2.36. The molecule has 2 N–H and O–H groups in total. The number of rotatable bonds is 5. The molecule has 0 saturated carbocycles. The molecule has 0 fully saturated rings. The minimum absolute atomic E-state index is 0. The summed E-state index contributed by atoms with van der Waals surface area (Å²) in [5.41, 5.74) is 10.1. The minimum Gasteiger partial charge on any atom is -0.489 e. The average molecular weight is 384 g/mol. The van der Waals surface area contributed by atoms with Crippen molar-refractivity contribution in [3.05, 3.63) is 77.9 Å². The SMILES string of the molecule is Cl.NCc1ccc(-c2ccc3c(c2)OCCO3)cc1OCc1ccccc1. The summed E-state index contributed by atoms with van der Waals surface area (Å²) in [5, 5.41) is 0. The maximum absolute atomic E-state index is 6.05. The molecule has 0 aliphatic carbocycles. The van der Waals surface area contributed by atoms with Crippen LogP contribution in [-0.2, 0) is 13.2 Å². The van der Waals surface area contributed by atoms with Crippen LogP contribution in [0.5, 0.6) is 17.2 Å². The van der Waals surface area contributed by atoms with Crippen molar-refractivity contribution >= 4 is 12.4 Å². The molecule has 3 aromatic rings. The lowest BCUT2D eigenvalue weighted by Gasteiger charge is -2.19. The molecule has 0 atom stereocenters. The Bertz CT molecular complexity index is 899. The van der Waals surface area contributed by atoms with Crippen LogP contribution in [-0.4, -0.2) is 13.2 Å². The number of nitrogens with two attached hydrogens (primary N) is 1. The normalized spacial score (nSPS) is 12.2.